The average molecular weight is 413 g/mol. The number of hydrogen-bond donors (Lipinski definition) is 1. The zero-order valence-electron chi connectivity index (χ0n) is 17.1. The van der Waals surface area contributed by atoms with E-state index in [0.717, 1.165) is 31.2 Å². The van der Waals surface area contributed by atoms with Crippen molar-refractivity contribution >= 4 is 15.9 Å². The van der Waals surface area contributed by atoms with E-state index in [4.69, 9.17) is 0 Å². The largest absolute Gasteiger partial charge is 0.346 e. The highest BCUT2D eigenvalue weighted by atomic mass is 32.2. The monoisotopic (exact) mass is 412 g/mol. The van der Waals surface area contributed by atoms with Gasteiger partial charge in [0.25, 0.3) is 5.91 Å². The molecule has 29 heavy (non-hydrogen) atoms. The standard InChI is InChI=1S/C23H28N2O3S/c1-16-8-9-21(15-22(16)29(27,28)25-12-3-4-13-25)23(26)24-17(2)19-11-10-18-6-5-7-20(18)14-19/h8-11,14-15,17H,3-7,12-13H2,1-2H3,(H,24,26)/t17-/m0/s1. The molecule has 154 valence electrons. The van der Waals surface area contributed by atoms with Crippen molar-refractivity contribution in [2.45, 2.75) is 56.9 Å². The Morgan fingerprint density at radius 1 is 1.00 bits per heavy atom. The van der Waals surface area contributed by atoms with Gasteiger partial charge in [0.15, 0.2) is 0 Å². The third-order valence-corrected chi connectivity index (χ3v) is 8.14. The third kappa shape index (κ3) is 3.96. The topological polar surface area (TPSA) is 66.5 Å². The molecule has 2 aromatic carbocycles. The van der Waals surface area contributed by atoms with Crippen molar-refractivity contribution in [2.75, 3.05) is 13.1 Å². The van der Waals surface area contributed by atoms with E-state index < -0.39 is 10.0 Å². The first-order chi connectivity index (χ1) is 13.9. The fourth-order valence-corrected chi connectivity index (χ4v) is 6.08. The van der Waals surface area contributed by atoms with Crippen LogP contribution in [0.4, 0.5) is 0 Å². The number of fused-ring (bicyclic) bond motifs is 1. The van der Waals surface area contributed by atoms with Gasteiger partial charge in [-0.05, 0) is 80.3 Å². The van der Waals surface area contributed by atoms with Crippen molar-refractivity contribution in [3.63, 3.8) is 0 Å². The van der Waals surface area contributed by atoms with Gasteiger partial charge < -0.3 is 5.32 Å². The second-order valence-electron chi connectivity index (χ2n) is 8.17. The molecule has 1 atom stereocenters. The average Bonchev–Trinajstić information content (AvgIpc) is 3.39. The molecule has 1 heterocycles. The van der Waals surface area contributed by atoms with Crippen LogP contribution in [0, 0.1) is 6.92 Å². The molecule has 1 amide bonds. The van der Waals surface area contributed by atoms with E-state index in [0.29, 0.717) is 24.2 Å². The summed E-state index contributed by atoms with van der Waals surface area (Å²) >= 11 is 0. The van der Waals surface area contributed by atoms with Crippen molar-refractivity contribution < 1.29 is 13.2 Å². The van der Waals surface area contributed by atoms with Crippen LogP contribution in [0.3, 0.4) is 0 Å². The van der Waals surface area contributed by atoms with Crippen LogP contribution in [0.25, 0.3) is 0 Å². The van der Waals surface area contributed by atoms with Gasteiger partial charge in [0.2, 0.25) is 10.0 Å². The zero-order valence-corrected chi connectivity index (χ0v) is 17.9. The number of carbonyl (C=O) groups excluding carboxylic acids is 1. The van der Waals surface area contributed by atoms with E-state index in [1.807, 2.05) is 6.92 Å². The van der Waals surface area contributed by atoms with Crippen LogP contribution < -0.4 is 5.32 Å². The van der Waals surface area contributed by atoms with E-state index >= 15 is 0 Å². The summed E-state index contributed by atoms with van der Waals surface area (Å²) in [5.41, 5.74) is 4.90. The van der Waals surface area contributed by atoms with E-state index in [1.165, 1.54) is 27.9 Å². The van der Waals surface area contributed by atoms with Crippen molar-refractivity contribution in [3.8, 4) is 0 Å². The Morgan fingerprint density at radius 2 is 1.72 bits per heavy atom. The smallest absolute Gasteiger partial charge is 0.251 e. The SMILES string of the molecule is Cc1ccc(C(=O)N[C@@H](C)c2ccc3c(c2)CCC3)cc1S(=O)(=O)N1CCCC1. The van der Waals surface area contributed by atoms with Crippen molar-refractivity contribution in [2.24, 2.45) is 0 Å². The highest BCUT2D eigenvalue weighted by Crippen LogP contribution is 2.27. The summed E-state index contributed by atoms with van der Waals surface area (Å²) < 4.78 is 27.5. The quantitative estimate of drug-likeness (QED) is 0.813. The summed E-state index contributed by atoms with van der Waals surface area (Å²) in [6.07, 6.45) is 5.19. The lowest BCUT2D eigenvalue weighted by Gasteiger charge is -2.19. The second kappa shape index (κ2) is 7.92. The summed E-state index contributed by atoms with van der Waals surface area (Å²) in [4.78, 5) is 13.1. The Balaban J connectivity index is 1.54. The lowest BCUT2D eigenvalue weighted by Crippen LogP contribution is -2.30. The fourth-order valence-electron chi connectivity index (χ4n) is 4.31. The van der Waals surface area contributed by atoms with Gasteiger partial charge in [-0.1, -0.05) is 24.3 Å². The molecule has 1 fully saturated rings. The molecule has 5 nitrogen and oxygen atoms in total. The molecule has 1 aliphatic heterocycles. The number of sulfonamides is 1. The number of nitrogens with one attached hydrogen (secondary N) is 1. The number of amides is 1. The Morgan fingerprint density at radius 3 is 2.48 bits per heavy atom. The molecule has 0 spiro atoms. The van der Waals surface area contributed by atoms with Gasteiger partial charge in [-0.15, -0.1) is 0 Å². The van der Waals surface area contributed by atoms with Crippen molar-refractivity contribution in [1.82, 2.24) is 9.62 Å². The Hall–Kier alpha value is -2.18. The normalized spacial score (nSPS) is 17.9. The molecular formula is C23H28N2O3S. The minimum atomic E-state index is -3.56. The number of rotatable bonds is 5. The molecule has 1 saturated heterocycles. The van der Waals surface area contributed by atoms with Crippen LogP contribution in [-0.4, -0.2) is 31.7 Å². The number of benzene rings is 2. The molecule has 0 bridgehead atoms. The summed E-state index contributed by atoms with van der Waals surface area (Å²) in [6.45, 7) is 4.84. The molecular weight excluding hydrogens is 384 g/mol. The molecule has 1 aliphatic carbocycles. The summed E-state index contributed by atoms with van der Waals surface area (Å²) in [5.74, 6) is -0.254. The second-order valence-corrected chi connectivity index (χ2v) is 10.1. The van der Waals surface area contributed by atoms with Crippen LogP contribution in [0.1, 0.15) is 64.8 Å². The molecule has 1 N–H and O–H groups in total. The Kier molecular flexibility index (Phi) is 5.49. The van der Waals surface area contributed by atoms with Gasteiger partial charge in [-0.2, -0.15) is 4.31 Å². The van der Waals surface area contributed by atoms with Crippen LogP contribution >= 0.6 is 0 Å². The Labute approximate surface area is 173 Å². The van der Waals surface area contributed by atoms with E-state index in [2.05, 4.69) is 23.5 Å². The van der Waals surface area contributed by atoms with Gasteiger partial charge in [0, 0.05) is 18.7 Å². The highest BCUT2D eigenvalue weighted by molar-refractivity contribution is 7.89. The summed E-state index contributed by atoms with van der Waals surface area (Å²) in [5, 5.41) is 3.02. The van der Waals surface area contributed by atoms with Crippen LogP contribution in [0.5, 0.6) is 0 Å². The summed E-state index contributed by atoms with van der Waals surface area (Å²) in [6, 6.07) is 11.2. The van der Waals surface area contributed by atoms with Gasteiger partial charge in [-0.25, -0.2) is 8.42 Å². The number of nitrogens with zero attached hydrogens (tertiary/aromatic N) is 1. The first-order valence-corrected chi connectivity index (χ1v) is 11.8. The maximum absolute atomic E-state index is 13.0. The van der Waals surface area contributed by atoms with E-state index in [-0.39, 0.29) is 16.8 Å². The molecule has 4 rings (SSSR count). The third-order valence-electron chi connectivity index (χ3n) is 6.10. The van der Waals surface area contributed by atoms with E-state index in [1.54, 1.807) is 19.1 Å². The minimum Gasteiger partial charge on any atom is -0.346 e. The first kappa shape index (κ1) is 20.1. The zero-order chi connectivity index (χ0) is 20.6. The van der Waals surface area contributed by atoms with Crippen LogP contribution in [0.2, 0.25) is 0 Å². The minimum absolute atomic E-state index is 0.145. The molecule has 2 aromatic rings. The maximum atomic E-state index is 13.0. The fraction of sp³-hybridized carbons (Fsp3) is 0.435. The van der Waals surface area contributed by atoms with Crippen LogP contribution in [0.15, 0.2) is 41.3 Å². The molecule has 0 unspecified atom stereocenters. The first-order valence-electron chi connectivity index (χ1n) is 10.4. The number of hydrogen-bond acceptors (Lipinski definition) is 3. The summed E-state index contributed by atoms with van der Waals surface area (Å²) in [7, 11) is -3.56. The van der Waals surface area contributed by atoms with Gasteiger partial charge >= 0.3 is 0 Å². The molecule has 0 aromatic heterocycles. The van der Waals surface area contributed by atoms with Crippen LogP contribution in [-0.2, 0) is 22.9 Å². The molecule has 0 saturated carbocycles. The van der Waals surface area contributed by atoms with E-state index in [9.17, 15) is 13.2 Å². The number of carbonyl (C=O) groups is 1. The van der Waals surface area contributed by atoms with Crippen molar-refractivity contribution in [3.05, 3.63) is 64.2 Å². The predicted molar refractivity (Wildman–Crippen MR) is 114 cm³/mol. The maximum Gasteiger partial charge on any atom is 0.251 e. The molecule has 0 radical (unpaired) electrons. The molecule has 2 aliphatic rings. The number of aryl methyl sites for hydroxylation is 3. The van der Waals surface area contributed by atoms with Crippen molar-refractivity contribution in [1.29, 1.82) is 0 Å². The Bertz CT molecular complexity index is 1040. The van der Waals surface area contributed by atoms with Gasteiger partial charge in [-0.3, -0.25) is 4.79 Å². The molecule has 6 heteroatoms. The van der Waals surface area contributed by atoms with Gasteiger partial charge in [0.1, 0.15) is 0 Å². The highest BCUT2D eigenvalue weighted by Gasteiger charge is 2.29. The predicted octanol–water partition coefficient (Wildman–Crippen LogP) is 3.76. The van der Waals surface area contributed by atoms with Gasteiger partial charge in [0.05, 0.1) is 10.9 Å². The lowest BCUT2D eigenvalue weighted by atomic mass is 10.0. The lowest BCUT2D eigenvalue weighted by molar-refractivity contribution is 0.0939.